The lowest BCUT2D eigenvalue weighted by Crippen LogP contribution is -2.14. The van der Waals surface area contributed by atoms with E-state index in [4.69, 9.17) is 0 Å². The minimum Gasteiger partial charge on any atom is -0.326 e. The number of nitrogens with one attached hydrogen (secondary N) is 1. The highest BCUT2D eigenvalue weighted by atomic mass is 19.1. The molecule has 6 nitrogen and oxygen atoms in total. The van der Waals surface area contributed by atoms with Gasteiger partial charge in [0.1, 0.15) is 12.1 Å². The molecular formula is C17H14FN5O. The third-order valence-corrected chi connectivity index (χ3v) is 4.17. The number of tetrazole rings is 1. The molecule has 120 valence electrons. The van der Waals surface area contributed by atoms with Gasteiger partial charge in [-0.05, 0) is 64.7 Å². The van der Waals surface area contributed by atoms with Gasteiger partial charge in [-0.2, -0.15) is 0 Å². The molecule has 2 aromatic carbocycles. The van der Waals surface area contributed by atoms with Crippen LogP contribution in [-0.4, -0.2) is 26.1 Å². The predicted molar refractivity (Wildman–Crippen MR) is 85.0 cm³/mol. The van der Waals surface area contributed by atoms with Gasteiger partial charge in [0, 0.05) is 11.6 Å². The maximum Gasteiger partial charge on any atom is 0.228 e. The van der Waals surface area contributed by atoms with Crippen LogP contribution in [0.15, 0.2) is 54.9 Å². The minimum atomic E-state index is -0.261. The summed E-state index contributed by atoms with van der Waals surface area (Å²) in [6, 6.07) is 13.6. The number of nitrogens with zero attached hydrogens (tertiary/aromatic N) is 4. The lowest BCUT2D eigenvalue weighted by Gasteiger charge is -2.06. The molecule has 1 heterocycles. The maximum atomic E-state index is 13.0. The fourth-order valence-corrected chi connectivity index (χ4v) is 2.78. The van der Waals surface area contributed by atoms with E-state index in [0.29, 0.717) is 0 Å². The van der Waals surface area contributed by atoms with Crippen molar-refractivity contribution in [2.45, 2.75) is 12.3 Å². The van der Waals surface area contributed by atoms with Crippen molar-refractivity contribution in [2.24, 2.45) is 5.92 Å². The van der Waals surface area contributed by atoms with Crippen LogP contribution in [0.1, 0.15) is 17.9 Å². The Hall–Kier alpha value is -3.09. The molecule has 1 aliphatic carbocycles. The van der Waals surface area contributed by atoms with Crippen molar-refractivity contribution < 1.29 is 9.18 Å². The first-order valence-corrected chi connectivity index (χ1v) is 7.60. The number of rotatable bonds is 4. The molecule has 24 heavy (non-hydrogen) atoms. The van der Waals surface area contributed by atoms with Gasteiger partial charge in [-0.25, -0.2) is 9.07 Å². The van der Waals surface area contributed by atoms with Gasteiger partial charge in [0.2, 0.25) is 5.91 Å². The number of benzene rings is 2. The first-order valence-electron chi connectivity index (χ1n) is 7.60. The van der Waals surface area contributed by atoms with Crippen LogP contribution in [-0.2, 0) is 4.79 Å². The molecule has 1 amide bonds. The minimum absolute atomic E-state index is 0.0144. The van der Waals surface area contributed by atoms with Gasteiger partial charge < -0.3 is 5.32 Å². The van der Waals surface area contributed by atoms with E-state index in [1.807, 2.05) is 24.3 Å². The SMILES string of the molecule is O=C(Nc1ccc(-n2cnnn2)cc1)C1CC1c1ccc(F)cc1. The van der Waals surface area contributed by atoms with Crippen LogP contribution in [0.25, 0.3) is 5.69 Å². The van der Waals surface area contributed by atoms with Crippen LogP contribution in [0, 0.1) is 11.7 Å². The molecule has 2 atom stereocenters. The quantitative estimate of drug-likeness (QED) is 0.801. The summed E-state index contributed by atoms with van der Waals surface area (Å²) in [5.41, 5.74) is 2.54. The van der Waals surface area contributed by atoms with Crippen molar-refractivity contribution in [3.63, 3.8) is 0 Å². The normalized spacial score (nSPS) is 19.0. The molecule has 0 bridgehead atoms. The van der Waals surface area contributed by atoms with Crippen molar-refractivity contribution in [3.8, 4) is 5.69 Å². The van der Waals surface area contributed by atoms with Crippen molar-refractivity contribution in [1.29, 1.82) is 0 Å². The highest BCUT2D eigenvalue weighted by Crippen LogP contribution is 2.47. The van der Waals surface area contributed by atoms with E-state index < -0.39 is 0 Å². The largest absolute Gasteiger partial charge is 0.326 e. The molecule has 0 radical (unpaired) electrons. The highest BCUT2D eigenvalue weighted by molar-refractivity contribution is 5.95. The lowest BCUT2D eigenvalue weighted by atomic mass is 10.1. The number of hydrogen-bond acceptors (Lipinski definition) is 4. The molecule has 0 saturated heterocycles. The Balaban J connectivity index is 1.39. The van der Waals surface area contributed by atoms with Gasteiger partial charge in [0.05, 0.1) is 5.69 Å². The van der Waals surface area contributed by atoms with Gasteiger partial charge in [-0.3, -0.25) is 4.79 Å². The van der Waals surface area contributed by atoms with Crippen LogP contribution >= 0.6 is 0 Å². The van der Waals surface area contributed by atoms with Crippen LogP contribution in [0.4, 0.5) is 10.1 Å². The second-order valence-corrected chi connectivity index (χ2v) is 5.79. The summed E-state index contributed by atoms with van der Waals surface area (Å²) in [6.07, 6.45) is 2.30. The lowest BCUT2D eigenvalue weighted by molar-refractivity contribution is -0.117. The summed E-state index contributed by atoms with van der Waals surface area (Å²) in [4.78, 5) is 12.3. The van der Waals surface area contributed by atoms with Gasteiger partial charge in [-0.15, -0.1) is 5.10 Å². The molecule has 2 unspecified atom stereocenters. The van der Waals surface area contributed by atoms with E-state index in [0.717, 1.165) is 23.4 Å². The second kappa shape index (κ2) is 5.84. The smallest absolute Gasteiger partial charge is 0.228 e. The van der Waals surface area contributed by atoms with Crippen molar-refractivity contribution in [2.75, 3.05) is 5.32 Å². The average Bonchev–Trinajstić information content (AvgIpc) is 3.21. The third-order valence-electron chi connectivity index (χ3n) is 4.17. The number of amides is 1. The number of anilines is 1. The van der Waals surface area contributed by atoms with E-state index in [1.54, 1.807) is 12.1 Å². The molecule has 4 rings (SSSR count). The summed E-state index contributed by atoms with van der Waals surface area (Å²) in [7, 11) is 0. The van der Waals surface area contributed by atoms with E-state index in [1.165, 1.54) is 23.1 Å². The molecule has 1 saturated carbocycles. The summed E-state index contributed by atoms with van der Waals surface area (Å²) in [5.74, 6) is -0.164. The molecule has 1 N–H and O–H groups in total. The Labute approximate surface area is 137 Å². The molecule has 1 aromatic heterocycles. The van der Waals surface area contributed by atoms with Crippen LogP contribution in [0.2, 0.25) is 0 Å². The summed E-state index contributed by atoms with van der Waals surface area (Å²) >= 11 is 0. The molecule has 1 aliphatic rings. The van der Waals surface area contributed by atoms with E-state index in [9.17, 15) is 9.18 Å². The first kappa shape index (κ1) is 14.5. The van der Waals surface area contributed by atoms with Crippen molar-refractivity contribution >= 4 is 11.6 Å². The summed E-state index contributed by atoms with van der Waals surface area (Å²) in [6.45, 7) is 0. The monoisotopic (exact) mass is 323 g/mol. The zero-order valence-electron chi connectivity index (χ0n) is 12.6. The number of carbonyl (C=O) groups excluding carboxylic acids is 1. The second-order valence-electron chi connectivity index (χ2n) is 5.79. The zero-order valence-corrected chi connectivity index (χ0v) is 12.6. The number of halogens is 1. The van der Waals surface area contributed by atoms with Crippen LogP contribution in [0.5, 0.6) is 0 Å². The Morgan fingerprint density at radius 2 is 1.88 bits per heavy atom. The fourth-order valence-electron chi connectivity index (χ4n) is 2.78. The molecule has 3 aromatic rings. The standard InChI is InChI=1S/C17H14FN5O/c18-12-3-1-11(2-4-12)15-9-16(15)17(24)20-13-5-7-14(8-6-13)23-10-19-21-22-23/h1-8,10,15-16H,9H2,(H,20,24). The topological polar surface area (TPSA) is 72.7 Å². The zero-order chi connectivity index (χ0) is 16.5. The molecule has 0 aliphatic heterocycles. The Kier molecular flexibility index (Phi) is 3.53. The summed E-state index contributed by atoms with van der Waals surface area (Å²) in [5, 5.41) is 13.9. The number of carbonyl (C=O) groups is 1. The fraction of sp³-hybridized carbons (Fsp3) is 0.176. The molecule has 7 heteroatoms. The maximum absolute atomic E-state index is 13.0. The van der Waals surface area contributed by atoms with E-state index in [2.05, 4.69) is 20.8 Å². The van der Waals surface area contributed by atoms with E-state index in [-0.39, 0.29) is 23.6 Å². The Morgan fingerprint density at radius 3 is 2.54 bits per heavy atom. The Bertz CT molecular complexity index is 846. The third kappa shape index (κ3) is 2.88. The van der Waals surface area contributed by atoms with E-state index >= 15 is 0 Å². The highest BCUT2D eigenvalue weighted by Gasteiger charge is 2.43. The summed E-state index contributed by atoms with van der Waals surface area (Å²) < 4.78 is 14.5. The Morgan fingerprint density at radius 1 is 1.12 bits per heavy atom. The van der Waals surface area contributed by atoms with Gasteiger partial charge in [0.15, 0.2) is 0 Å². The number of aromatic nitrogens is 4. The molecule has 0 spiro atoms. The van der Waals surface area contributed by atoms with Gasteiger partial charge >= 0.3 is 0 Å². The van der Waals surface area contributed by atoms with Crippen molar-refractivity contribution in [3.05, 3.63) is 66.2 Å². The first-order chi connectivity index (χ1) is 11.7. The van der Waals surface area contributed by atoms with Crippen LogP contribution in [0.3, 0.4) is 0 Å². The van der Waals surface area contributed by atoms with Crippen molar-refractivity contribution in [1.82, 2.24) is 20.2 Å². The van der Waals surface area contributed by atoms with Gasteiger partial charge in [0.25, 0.3) is 0 Å². The van der Waals surface area contributed by atoms with Crippen LogP contribution < -0.4 is 5.32 Å². The molecular weight excluding hydrogens is 309 g/mol. The number of hydrogen-bond donors (Lipinski definition) is 1. The molecule has 1 fully saturated rings. The van der Waals surface area contributed by atoms with Gasteiger partial charge in [-0.1, -0.05) is 12.1 Å². The average molecular weight is 323 g/mol. The predicted octanol–water partition coefficient (Wildman–Crippen LogP) is 2.54.